The highest BCUT2D eigenvalue weighted by Gasteiger charge is 2.09. The van der Waals surface area contributed by atoms with Gasteiger partial charge in [-0.3, -0.25) is 10.1 Å². The van der Waals surface area contributed by atoms with Crippen LogP contribution in [0.4, 0.5) is 17.1 Å². The number of nitrogens with zero attached hydrogens (tertiary/aromatic N) is 1. The number of nitrogens with one attached hydrogen (secondary N) is 1. The Kier molecular flexibility index (Phi) is 4.71. The molecule has 0 radical (unpaired) electrons. The fourth-order valence-corrected chi connectivity index (χ4v) is 1.46. The van der Waals surface area contributed by atoms with Crippen molar-refractivity contribution in [1.29, 1.82) is 0 Å². The second-order valence-electron chi connectivity index (χ2n) is 4.07. The molecule has 0 fully saturated rings. The second kappa shape index (κ2) is 6.05. The molecule has 1 rings (SSSR count). The average molecular weight is 239 g/mol. The van der Waals surface area contributed by atoms with Crippen LogP contribution in [0.15, 0.2) is 18.2 Å². The maximum Gasteiger partial charge on any atom is 0.273 e. The van der Waals surface area contributed by atoms with E-state index >= 15 is 0 Å². The first-order chi connectivity index (χ1) is 8.02. The van der Waals surface area contributed by atoms with Gasteiger partial charge in [0.05, 0.1) is 4.92 Å². The zero-order chi connectivity index (χ0) is 12.8. The van der Waals surface area contributed by atoms with E-state index < -0.39 is 4.92 Å². The average Bonchev–Trinajstić information content (AvgIpc) is 2.26. The fourth-order valence-electron chi connectivity index (χ4n) is 1.46. The van der Waals surface area contributed by atoms with Gasteiger partial charge in [0.25, 0.3) is 5.69 Å². The van der Waals surface area contributed by atoms with Gasteiger partial charge >= 0.3 is 0 Å². The van der Waals surface area contributed by atoms with Crippen LogP contribution in [0.1, 0.15) is 13.3 Å². The lowest BCUT2D eigenvalue weighted by Gasteiger charge is -2.12. The molecule has 0 spiro atoms. The molecule has 17 heavy (non-hydrogen) atoms. The Morgan fingerprint density at radius 3 is 2.82 bits per heavy atom. The van der Waals surface area contributed by atoms with Gasteiger partial charge in [-0.15, -0.1) is 0 Å². The van der Waals surface area contributed by atoms with Crippen LogP contribution in [0.3, 0.4) is 0 Å². The lowest BCUT2D eigenvalue weighted by atomic mass is 10.1. The Hall–Kier alpha value is -1.82. The molecule has 0 aliphatic carbocycles. The van der Waals surface area contributed by atoms with Gasteiger partial charge in [0.1, 0.15) is 0 Å². The summed E-state index contributed by atoms with van der Waals surface area (Å²) in [6, 6.07) is 4.42. The molecule has 6 nitrogen and oxygen atoms in total. The Morgan fingerprint density at radius 2 is 2.24 bits per heavy atom. The molecule has 6 heteroatoms. The van der Waals surface area contributed by atoms with Crippen LogP contribution in [-0.2, 0) is 0 Å². The monoisotopic (exact) mass is 239 g/mol. The van der Waals surface area contributed by atoms with Crippen molar-refractivity contribution in [2.24, 2.45) is 5.92 Å². The summed E-state index contributed by atoms with van der Waals surface area (Å²) in [5, 5.41) is 22.5. The molecule has 0 bridgehead atoms. The minimum absolute atomic E-state index is 0.0256. The van der Waals surface area contributed by atoms with Gasteiger partial charge in [0.15, 0.2) is 0 Å². The standard InChI is InChI=1S/C11H17N3O3/c1-8(2-3-15)7-13-10-4-9(12)5-11(6-10)14(16)17/h4-6,8,13,15H,2-3,7,12H2,1H3. The van der Waals surface area contributed by atoms with Crippen molar-refractivity contribution in [3.8, 4) is 0 Å². The maximum absolute atomic E-state index is 10.6. The molecule has 94 valence electrons. The Morgan fingerprint density at radius 1 is 1.53 bits per heavy atom. The second-order valence-corrected chi connectivity index (χ2v) is 4.07. The molecule has 1 aromatic carbocycles. The smallest absolute Gasteiger partial charge is 0.273 e. The van der Waals surface area contributed by atoms with Gasteiger partial charge in [0.2, 0.25) is 0 Å². The third-order valence-corrected chi connectivity index (χ3v) is 2.43. The van der Waals surface area contributed by atoms with Crippen molar-refractivity contribution in [1.82, 2.24) is 0 Å². The first-order valence-electron chi connectivity index (χ1n) is 5.42. The summed E-state index contributed by atoms with van der Waals surface area (Å²) in [6.07, 6.45) is 0.692. The summed E-state index contributed by atoms with van der Waals surface area (Å²) in [6.45, 7) is 2.77. The van der Waals surface area contributed by atoms with E-state index in [1.54, 1.807) is 6.07 Å². The van der Waals surface area contributed by atoms with E-state index in [9.17, 15) is 10.1 Å². The Bertz CT molecular complexity index is 396. The maximum atomic E-state index is 10.6. The molecular weight excluding hydrogens is 222 g/mol. The van der Waals surface area contributed by atoms with Crippen molar-refractivity contribution < 1.29 is 10.0 Å². The number of non-ortho nitro benzene ring substituents is 1. The van der Waals surface area contributed by atoms with E-state index in [4.69, 9.17) is 10.8 Å². The molecule has 0 amide bonds. The SMILES string of the molecule is CC(CCO)CNc1cc(N)cc([N+](=O)[O-])c1. The molecule has 0 aliphatic rings. The van der Waals surface area contributed by atoms with E-state index in [-0.39, 0.29) is 12.3 Å². The number of nitrogen functional groups attached to an aromatic ring is 1. The molecule has 0 saturated heterocycles. The first kappa shape index (κ1) is 13.2. The van der Waals surface area contributed by atoms with Crippen LogP contribution >= 0.6 is 0 Å². The van der Waals surface area contributed by atoms with Gasteiger partial charge in [-0.25, -0.2) is 0 Å². The number of rotatable bonds is 6. The largest absolute Gasteiger partial charge is 0.398 e. The number of hydrogen-bond donors (Lipinski definition) is 3. The normalized spacial score (nSPS) is 12.1. The van der Waals surface area contributed by atoms with Crippen LogP contribution in [0.25, 0.3) is 0 Å². The zero-order valence-electron chi connectivity index (χ0n) is 9.72. The van der Waals surface area contributed by atoms with Gasteiger partial charge in [-0.2, -0.15) is 0 Å². The van der Waals surface area contributed by atoms with Crippen LogP contribution in [0.2, 0.25) is 0 Å². The third-order valence-electron chi connectivity index (χ3n) is 2.43. The number of nitro benzene ring substituents is 1. The summed E-state index contributed by atoms with van der Waals surface area (Å²) in [7, 11) is 0. The third kappa shape index (κ3) is 4.28. The molecule has 4 N–H and O–H groups in total. The highest BCUT2D eigenvalue weighted by molar-refractivity contribution is 5.61. The molecule has 1 unspecified atom stereocenters. The molecule has 0 saturated carbocycles. The van der Waals surface area contributed by atoms with Gasteiger partial charge in [-0.05, 0) is 18.4 Å². The molecule has 0 aromatic heterocycles. The summed E-state index contributed by atoms with van der Waals surface area (Å²) < 4.78 is 0. The van der Waals surface area contributed by atoms with E-state index in [2.05, 4.69) is 5.32 Å². The van der Waals surface area contributed by atoms with Crippen molar-refractivity contribution in [2.45, 2.75) is 13.3 Å². The van der Waals surface area contributed by atoms with Crippen LogP contribution in [0, 0.1) is 16.0 Å². The minimum atomic E-state index is -0.474. The number of benzene rings is 1. The lowest BCUT2D eigenvalue weighted by Crippen LogP contribution is -2.12. The quantitative estimate of drug-likeness (QED) is 0.397. The fraction of sp³-hybridized carbons (Fsp3) is 0.455. The molecule has 1 aromatic rings. The molecule has 0 aliphatic heterocycles. The molecule has 0 heterocycles. The van der Waals surface area contributed by atoms with Crippen molar-refractivity contribution in [2.75, 3.05) is 24.2 Å². The Balaban J connectivity index is 2.68. The van der Waals surface area contributed by atoms with Crippen LogP contribution < -0.4 is 11.1 Å². The summed E-state index contributed by atoms with van der Waals surface area (Å²) in [4.78, 5) is 10.2. The minimum Gasteiger partial charge on any atom is -0.398 e. The zero-order valence-corrected chi connectivity index (χ0v) is 9.72. The molecule has 1 atom stereocenters. The van der Waals surface area contributed by atoms with Gasteiger partial charge in [0, 0.05) is 36.7 Å². The van der Waals surface area contributed by atoms with Crippen molar-refractivity contribution in [3.05, 3.63) is 28.3 Å². The number of nitrogens with two attached hydrogens (primary N) is 1. The highest BCUT2D eigenvalue weighted by Crippen LogP contribution is 2.22. The summed E-state index contributed by atoms with van der Waals surface area (Å²) in [5.74, 6) is 0.292. The topological polar surface area (TPSA) is 101 Å². The van der Waals surface area contributed by atoms with E-state index in [0.29, 0.717) is 30.3 Å². The lowest BCUT2D eigenvalue weighted by molar-refractivity contribution is -0.384. The summed E-state index contributed by atoms with van der Waals surface area (Å²) >= 11 is 0. The van der Waals surface area contributed by atoms with E-state index in [0.717, 1.165) is 0 Å². The van der Waals surface area contributed by atoms with Gasteiger partial charge < -0.3 is 16.2 Å². The Labute approximate surface area is 99.6 Å². The number of hydrogen-bond acceptors (Lipinski definition) is 5. The van der Waals surface area contributed by atoms with Crippen molar-refractivity contribution >= 4 is 17.1 Å². The van der Waals surface area contributed by atoms with Crippen LogP contribution in [0.5, 0.6) is 0 Å². The first-order valence-corrected chi connectivity index (χ1v) is 5.42. The number of anilines is 2. The predicted octanol–water partition coefficient (Wildman–Crippen LogP) is 1.61. The number of aliphatic hydroxyl groups excluding tert-OH is 1. The number of aliphatic hydroxyl groups is 1. The van der Waals surface area contributed by atoms with E-state index in [1.165, 1.54) is 12.1 Å². The highest BCUT2D eigenvalue weighted by atomic mass is 16.6. The summed E-state index contributed by atoms with van der Waals surface area (Å²) in [5.41, 5.74) is 6.54. The van der Waals surface area contributed by atoms with E-state index in [1.807, 2.05) is 6.92 Å². The predicted molar refractivity (Wildman–Crippen MR) is 66.9 cm³/mol. The molecular formula is C11H17N3O3. The number of nitro groups is 1. The van der Waals surface area contributed by atoms with Gasteiger partial charge in [-0.1, -0.05) is 6.92 Å². The van der Waals surface area contributed by atoms with Crippen molar-refractivity contribution in [3.63, 3.8) is 0 Å². The van der Waals surface area contributed by atoms with Crippen LogP contribution in [-0.4, -0.2) is 23.2 Å².